The Labute approximate surface area is 176 Å². The molecule has 0 saturated heterocycles. The number of carboxylic acids is 1. The van der Waals surface area contributed by atoms with Gasteiger partial charge < -0.3 is 9.84 Å². The lowest BCUT2D eigenvalue weighted by Gasteiger charge is -2.32. The minimum absolute atomic E-state index is 0.133. The van der Waals surface area contributed by atoms with Crippen LogP contribution in [0.2, 0.25) is 0 Å². The molecule has 0 aliphatic heterocycles. The summed E-state index contributed by atoms with van der Waals surface area (Å²) in [7, 11) is 1.40. The number of hydrogen-bond acceptors (Lipinski definition) is 3. The van der Waals surface area contributed by atoms with Crippen molar-refractivity contribution in [3.8, 4) is 0 Å². The third kappa shape index (κ3) is 7.68. The molecule has 0 aromatic heterocycles. The van der Waals surface area contributed by atoms with E-state index in [9.17, 15) is 9.59 Å². The molecule has 2 aliphatic rings. The van der Waals surface area contributed by atoms with Gasteiger partial charge in [0.05, 0.1) is 7.11 Å². The molecule has 162 valence electrons. The van der Waals surface area contributed by atoms with Crippen LogP contribution in [0.4, 0.5) is 0 Å². The maximum atomic E-state index is 11.0. The summed E-state index contributed by atoms with van der Waals surface area (Å²) < 4.78 is 4.60. The number of carbonyl (C=O) groups excluding carboxylic acids is 1. The second-order valence-electron chi connectivity index (χ2n) is 9.39. The van der Waals surface area contributed by atoms with E-state index < -0.39 is 5.97 Å². The van der Waals surface area contributed by atoms with Crippen LogP contribution < -0.4 is 0 Å². The fraction of sp³-hybridized carbons (Fsp3) is 0.600. The van der Waals surface area contributed by atoms with Crippen molar-refractivity contribution in [2.75, 3.05) is 7.11 Å². The highest BCUT2D eigenvalue weighted by Gasteiger charge is 2.27. The van der Waals surface area contributed by atoms with E-state index >= 15 is 0 Å². The second-order valence-corrected chi connectivity index (χ2v) is 9.39. The van der Waals surface area contributed by atoms with E-state index in [-0.39, 0.29) is 16.8 Å². The molecule has 0 unspecified atom stereocenters. The molecule has 0 saturated carbocycles. The Kier molecular flexibility index (Phi) is 9.13. The minimum atomic E-state index is -0.869. The predicted octanol–water partition coefficient (Wildman–Crippen LogP) is 6.40. The predicted molar refractivity (Wildman–Crippen MR) is 119 cm³/mol. The Morgan fingerprint density at radius 1 is 0.862 bits per heavy atom. The summed E-state index contributed by atoms with van der Waals surface area (Å²) in [4.78, 5) is 21.5. The van der Waals surface area contributed by atoms with Gasteiger partial charge in [-0.15, -0.1) is 0 Å². The number of esters is 1. The average Bonchev–Trinajstić information content (AvgIpc) is 2.59. The van der Waals surface area contributed by atoms with Gasteiger partial charge in [0.2, 0.25) is 0 Å². The van der Waals surface area contributed by atoms with E-state index in [2.05, 4.69) is 46.3 Å². The van der Waals surface area contributed by atoms with Crippen LogP contribution in [0, 0.1) is 10.8 Å². The van der Waals surface area contributed by atoms with Gasteiger partial charge in [-0.1, -0.05) is 51.0 Å². The van der Waals surface area contributed by atoms with Crippen LogP contribution in [-0.4, -0.2) is 24.2 Å². The first-order valence-corrected chi connectivity index (χ1v) is 10.5. The van der Waals surface area contributed by atoms with Crippen molar-refractivity contribution >= 4 is 11.9 Å². The number of carboxylic acid groups (broad SMARTS) is 1. The van der Waals surface area contributed by atoms with Crippen molar-refractivity contribution in [3.05, 3.63) is 46.6 Å². The highest BCUT2D eigenvalue weighted by Crippen LogP contribution is 2.41. The van der Waals surface area contributed by atoms with Crippen LogP contribution in [0.3, 0.4) is 0 Å². The highest BCUT2D eigenvalue weighted by molar-refractivity contribution is 5.82. The highest BCUT2D eigenvalue weighted by atomic mass is 16.5. The maximum absolute atomic E-state index is 11.0. The molecule has 0 spiro atoms. The summed E-state index contributed by atoms with van der Waals surface area (Å²) in [5, 5.41) is 8.59. The number of aliphatic carboxylic acids is 1. The summed E-state index contributed by atoms with van der Waals surface area (Å²) >= 11 is 0. The van der Waals surface area contributed by atoms with Crippen molar-refractivity contribution in [1.29, 1.82) is 0 Å². The normalized spacial score (nSPS) is 21.2. The number of methoxy groups -OCH3 is 1. The molecule has 0 heterocycles. The monoisotopic (exact) mass is 402 g/mol. The van der Waals surface area contributed by atoms with Crippen LogP contribution in [0.1, 0.15) is 80.1 Å². The molecule has 4 heteroatoms. The van der Waals surface area contributed by atoms with Gasteiger partial charge in [0, 0.05) is 12.2 Å². The van der Waals surface area contributed by atoms with Gasteiger partial charge in [0.1, 0.15) is 0 Å². The van der Waals surface area contributed by atoms with Crippen LogP contribution in [0.15, 0.2) is 46.6 Å². The van der Waals surface area contributed by atoms with E-state index in [1.54, 1.807) is 6.08 Å². The molecule has 29 heavy (non-hydrogen) atoms. The zero-order valence-corrected chi connectivity index (χ0v) is 19.2. The summed E-state index contributed by atoms with van der Waals surface area (Å²) in [6.45, 7) is 13.1. The quantitative estimate of drug-likeness (QED) is 0.437. The molecule has 4 nitrogen and oxygen atoms in total. The second kappa shape index (κ2) is 10.6. The van der Waals surface area contributed by atoms with E-state index in [1.165, 1.54) is 60.8 Å². The average molecular weight is 403 g/mol. The topological polar surface area (TPSA) is 63.6 Å². The van der Waals surface area contributed by atoms with Gasteiger partial charge in [-0.25, -0.2) is 9.59 Å². The summed E-state index contributed by atoms with van der Waals surface area (Å²) in [5.74, 6) is -1.15. The van der Waals surface area contributed by atoms with Gasteiger partial charge in [-0.05, 0) is 74.3 Å². The van der Waals surface area contributed by atoms with Gasteiger partial charge >= 0.3 is 11.9 Å². The molecular formula is C25H38O4. The Morgan fingerprint density at radius 2 is 1.28 bits per heavy atom. The number of hydrogen-bond donors (Lipinski definition) is 1. The summed E-state index contributed by atoms with van der Waals surface area (Å²) in [5.41, 5.74) is 5.54. The van der Waals surface area contributed by atoms with Crippen molar-refractivity contribution in [3.63, 3.8) is 0 Å². The smallest absolute Gasteiger partial charge is 0.330 e. The van der Waals surface area contributed by atoms with Crippen molar-refractivity contribution in [2.24, 2.45) is 10.8 Å². The molecule has 0 atom stereocenters. The number of ether oxygens (including phenoxy) is 1. The number of allylic oxidation sites excluding steroid dienone is 6. The van der Waals surface area contributed by atoms with Crippen molar-refractivity contribution in [2.45, 2.75) is 80.1 Å². The van der Waals surface area contributed by atoms with Crippen LogP contribution in [-0.2, 0) is 14.3 Å². The first kappa shape index (κ1) is 24.9. The number of carbonyl (C=O) groups is 2. The third-order valence-corrected chi connectivity index (χ3v) is 6.06. The van der Waals surface area contributed by atoms with Crippen molar-refractivity contribution < 1.29 is 19.4 Å². The lowest BCUT2D eigenvalue weighted by molar-refractivity contribution is -0.135. The minimum Gasteiger partial charge on any atom is -0.478 e. The molecule has 0 amide bonds. The van der Waals surface area contributed by atoms with Crippen molar-refractivity contribution in [1.82, 2.24) is 0 Å². The largest absolute Gasteiger partial charge is 0.478 e. The van der Waals surface area contributed by atoms with E-state index in [0.717, 1.165) is 19.3 Å². The number of rotatable bonds is 4. The van der Waals surface area contributed by atoms with Crippen LogP contribution >= 0.6 is 0 Å². The lowest BCUT2D eigenvalue weighted by atomic mass is 9.73. The Hall–Kier alpha value is -2.10. The molecule has 0 bridgehead atoms. The van der Waals surface area contributed by atoms with Gasteiger partial charge in [0.25, 0.3) is 0 Å². The Morgan fingerprint density at radius 3 is 1.62 bits per heavy atom. The molecule has 2 aliphatic carbocycles. The zero-order valence-electron chi connectivity index (χ0n) is 19.2. The first-order chi connectivity index (χ1) is 13.4. The Balaban J connectivity index is 0.000000291. The van der Waals surface area contributed by atoms with Crippen LogP contribution in [0.5, 0.6) is 0 Å². The SMILES string of the molecule is CC1=C(/C=C/C(=O)O)C(C)(C)CCC1.COC(=O)/C=C/C1=C(C)CCCC1(C)C. The fourth-order valence-electron chi connectivity index (χ4n) is 4.39. The molecule has 0 radical (unpaired) electrons. The first-order valence-electron chi connectivity index (χ1n) is 10.5. The molecule has 1 N–H and O–H groups in total. The lowest BCUT2D eigenvalue weighted by Crippen LogP contribution is -2.19. The summed E-state index contributed by atoms with van der Waals surface area (Å²) in [6.07, 6.45) is 13.5. The molecular weight excluding hydrogens is 364 g/mol. The van der Waals surface area contributed by atoms with Gasteiger partial charge in [0.15, 0.2) is 0 Å². The van der Waals surface area contributed by atoms with Crippen LogP contribution in [0.25, 0.3) is 0 Å². The van der Waals surface area contributed by atoms with E-state index in [0.29, 0.717) is 0 Å². The molecule has 0 aromatic rings. The molecule has 2 rings (SSSR count). The van der Waals surface area contributed by atoms with Gasteiger partial charge in [-0.2, -0.15) is 0 Å². The van der Waals surface area contributed by atoms with E-state index in [1.807, 2.05) is 6.08 Å². The maximum Gasteiger partial charge on any atom is 0.330 e. The third-order valence-electron chi connectivity index (χ3n) is 6.06. The Bertz CT molecular complexity index is 730. The zero-order chi connectivity index (χ0) is 22.2. The van der Waals surface area contributed by atoms with E-state index in [4.69, 9.17) is 5.11 Å². The van der Waals surface area contributed by atoms with Gasteiger partial charge in [-0.3, -0.25) is 0 Å². The summed E-state index contributed by atoms with van der Waals surface area (Å²) in [6, 6.07) is 0. The standard InChI is InChI=1S/C13H20O2.C12H18O2/c1-10-6-5-9-13(2,3)11(10)7-8-12(14)15-4;1-9-5-4-8-12(2,3)10(9)6-7-11(13)14/h7-8H,5-6,9H2,1-4H3;6-7H,4-5,8H2,1-3H3,(H,13,14)/b8-7+;7-6+. The molecule has 0 fully saturated rings. The fourth-order valence-corrected chi connectivity index (χ4v) is 4.39. The molecule has 0 aromatic carbocycles.